The smallest absolute Gasteiger partial charge is 0.248 e. The van der Waals surface area contributed by atoms with Crippen LogP contribution in [0.2, 0.25) is 0 Å². The average molecular weight is 728 g/mol. The number of nitrogens with zero attached hydrogens (tertiary/aromatic N) is 2. The quantitative estimate of drug-likeness (QED) is 0.158. The molecule has 11 aromatic rings. The van der Waals surface area contributed by atoms with E-state index in [0.29, 0.717) is 0 Å². The van der Waals surface area contributed by atoms with Gasteiger partial charge < -0.3 is 9.13 Å². The molecule has 2 nitrogen and oxygen atoms in total. The van der Waals surface area contributed by atoms with E-state index in [9.17, 15) is 0 Å². The molecule has 0 saturated carbocycles. The summed E-state index contributed by atoms with van der Waals surface area (Å²) in [6.07, 6.45) is 0. The molecule has 0 saturated heterocycles. The Kier molecular flexibility index (Phi) is 5.34. The Bertz CT molecular complexity index is 3440. The van der Waals surface area contributed by atoms with Crippen LogP contribution in [0.15, 0.2) is 182 Å². The second kappa shape index (κ2) is 10.4. The van der Waals surface area contributed by atoms with Crippen molar-refractivity contribution >= 4 is 89.8 Å². The molecule has 0 spiro atoms. The lowest BCUT2D eigenvalue weighted by Gasteiger charge is -2.31. The third-order valence-electron chi connectivity index (χ3n) is 14.1. The van der Waals surface area contributed by atoms with Gasteiger partial charge in [-0.25, -0.2) is 0 Å². The first kappa shape index (κ1) is 29.9. The van der Waals surface area contributed by atoms with Crippen LogP contribution in [0.25, 0.3) is 99.5 Å². The van der Waals surface area contributed by atoms with Crippen molar-refractivity contribution in [1.29, 1.82) is 0 Å². The van der Waals surface area contributed by atoms with Crippen LogP contribution in [-0.4, -0.2) is 22.6 Å². The zero-order chi connectivity index (χ0) is 37.4. The lowest BCUT2D eigenvalue weighted by atomic mass is 9.35. The number of aromatic nitrogens is 2. The highest BCUT2D eigenvalue weighted by Crippen LogP contribution is 2.43. The van der Waals surface area contributed by atoms with E-state index in [4.69, 9.17) is 0 Å². The van der Waals surface area contributed by atoms with Gasteiger partial charge in [-0.05, 0) is 90.6 Å². The third kappa shape index (κ3) is 3.47. The fraction of sp³-hybridized carbons (Fsp3) is 0. The molecule has 9 aromatic carbocycles. The molecule has 0 amide bonds. The summed E-state index contributed by atoms with van der Waals surface area (Å²) < 4.78 is 5.29. The van der Waals surface area contributed by atoms with Crippen LogP contribution >= 0.6 is 0 Å². The van der Waals surface area contributed by atoms with E-state index in [1.165, 1.54) is 132 Å². The lowest BCUT2D eigenvalue weighted by Crippen LogP contribution is -2.57. The molecule has 0 unspecified atom stereocenters. The van der Waals surface area contributed by atoms with E-state index in [-0.39, 0.29) is 13.4 Å². The molecule has 262 valence electrons. The zero-order valence-corrected chi connectivity index (χ0v) is 31.4. The summed E-state index contributed by atoms with van der Waals surface area (Å²) in [7, 11) is 0. The molecule has 58 heavy (non-hydrogen) atoms. The van der Waals surface area contributed by atoms with Crippen LogP contribution in [0, 0.1) is 0 Å². The average Bonchev–Trinajstić information content (AvgIpc) is 4.01. The first-order valence-corrected chi connectivity index (χ1v) is 20.5. The zero-order valence-electron chi connectivity index (χ0n) is 31.4. The van der Waals surface area contributed by atoms with Crippen molar-refractivity contribution in [1.82, 2.24) is 9.13 Å². The van der Waals surface area contributed by atoms with Gasteiger partial charge in [0.25, 0.3) is 0 Å². The van der Waals surface area contributed by atoms with Gasteiger partial charge >= 0.3 is 0 Å². The van der Waals surface area contributed by atoms with Crippen molar-refractivity contribution < 1.29 is 0 Å². The summed E-state index contributed by atoms with van der Waals surface area (Å²) in [6.45, 7) is 0.280. The summed E-state index contributed by atoms with van der Waals surface area (Å²) >= 11 is 0. The van der Waals surface area contributed by atoms with Crippen molar-refractivity contribution in [3.05, 3.63) is 182 Å². The van der Waals surface area contributed by atoms with E-state index >= 15 is 0 Å². The fourth-order valence-electron chi connectivity index (χ4n) is 11.8. The maximum atomic E-state index is 2.65. The highest BCUT2D eigenvalue weighted by Gasteiger charge is 2.45. The van der Waals surface area contributed by atoms with E-state index in [1.54, 1.807) is 0 Å². The maximum Gasteiger partial charge on any atom is 0.248 e. The number of hydrogen-bond donors (Lipinski definition) is 0. The monoisotopic (exact) mass is 728 g/mol. The van der Waals surface area contributed by atoms with Gasteiger partial charge in [0.1, 0.15) is 0 Å². The van der Waals surface area contributed by atoms with Crippen molar-refractivity contribution in [2.45, 2.75) is 0 Å². The van der Waals surface area contributed by atoms with Gasteiger partial charge in [-0.1, -0.05) is 169 Å². The third-order valence-corrected chi connectivity index (χ3v) is 14.1. The SMILES string of the molecule is c1ccc(-c2ccc3c4ccc5c6c4n(c3c2)-c2cc3c(cc2B6c2ccccc2-5)-n2c4cc(-c5ccccc5)ccc4c4ccc5c(c42)B3c2ccccc2-5)cc1. The standard InChI is InChI=1S/C54H30B2N2/c1-3-11-31(12-4-1)33-19-21-37-41-25-23-39-35-15-7-9-17-43(35)55-45-30-50-46(29-49(45)57(47(37)27-33)53(41)51(39)55)56-44-18-10-8-16-36(44)40-24-26-42-38-22-20-34(32-13-5-2-6-14-32)28-48(38)58(50)54(42)52(40)56/h1-30H. The fourth-order valence-corrected chi connectivity index (χ4v) is 11.8. The molecule has 0 N–H and O–H groups in total. The summed E-state index contributed by atoms with van der Waals surface area (Å²) in [6, 6.07) is 69.1. The van der Waals surface area contributed by atoms with Crippen LogP contribution in [-0.2, 0) is 0 Å². The number of rotatable bonds is 2. The molecule has 2 aromatic heterocycles. The summed E-state index contributed by atoms with van der Waals surface area (Å²) in [4.78, 5) is 0. The molecular weight excluding hydrogens is 698 g/mol. The minimum absolute atomic E-state index is 0.140. The second-order valence-electron chi connectivity index (χ2n) is 16.7. The van der Waals surface area contributed by atoms with Crippen LogP contribution in [0.4, 0.5) is 0 Å². The van der Waals surface area contributed by atoms with Gasteiger partial charge in [-0.15, -0.1) is 0 Å². The van der Waals surface area contributed by atoms with Crippen LogP contribution < -0.4 is 32.8 Å². The highest BCUT2D eigenvalue weighted by molar-refractivity contribution is 7.03. The Balaban J connectivity index is 1.11. The predicted molar refractivity (Wildman–Crippen MR) is 246 cm³/mol. The highest BCUT2D eigenvalue weighted by atomic mass is 15.0. The van der Waals surface area contributed by atoms with Gasteiger partial charge in [-0.3, -0.25) is 0 Å². The first-order chi connectivity index (χ1) is 28.8. The molecule has 0 bridgehead atoms. The van der Waals surface area contributed by atoms with Crippen molar-refractivity contribution in [3.63, 3.8) is 0 Å². The Morgan fingerprint density at radius 2 is 0.707 bits per heavy atom. The molecular formula is C54H30B2N2. The van der Waals surface area contributed by atoms with Gasteiger partial charge in [0.05, 0.1) is 11.0 Å². The maximum absolute atomic E-state index is 2.65. The Labute approximate surface area is 335 Å². The molecule has 4 aliphatic rings. The van der Waals surface area contributed by atoms with Gasteiger partial charge in [0.2, 0.25) is 13.4 Å². The minimum atomic E-state index is 0.140. The van der Waals surface area contributed by atoms with Crippen molar-refractivity contribution in [2.24, 2.45) is 0 Å². The van der Waals surface area contributed by atoms with Gasteiger partial charge in [-0.2, -0.15) is 0 Å². The largest absolute Gasteiger partial charge is 0.310 e. The predicted octanol–water partition coefficient (Wildman–Crippen LogP) is 8.83. The van der Waals surface area contributed by atoms with E-state index in [2.05, 4.69) is 191 Å². The van der Waals surface area contributed by atoms with Crippen LogP contribution in [0.5, 0.6) is 0 Å². The van der Waals surface area contributed by atoms with E-state index in [1.807, 2.05) is 0 Å². The first-order valence-electron chi connectivity index (χ1n) is 20.5. The Hall–Kier alpha value is -7.29. The van der Waals surface area contributed by atoms with E-state index in [0.717, 1.165) is 0 Å². The number of hydrogen-bond acceptors (Lipinski definition) is 0. The molecule has 4 aliphatic heterocycles. The molecule has 0 radical (unpaired) electrons. The number of benzene rings is 9. The molecule has 4 heteroatoms. The van der Waals surface area contributed by atoms with Crippen LogP contribution in [0.1, 0.15) is 0 Å². The number of fused-ring (bicyclic) bond motifs is 18. The second-order valence-corrected chi connectivity index (χ2v) is 16.7. The summed E-state index contributed by atoms with van der Waals surface area (Å²) in [5, 5.41) is 5.28. The lowest BCUT2D eigenvalue weighted by molar-refractivity contribution is 1.16. The Morgan fingerprint density at radius 3 is 1.17 bits per heavy atom. The topological polar surface area (TPSA) is 9.86 Å². The molecule has 0 aliphatic carbocycles. The molecule has 0 atom stereocenters. The Morgan fingerprint density at radius 1 is 0.293 bits per heavy atom. The van der Waals surface area contributed by atoms with Gasteiger partial charge in [0.15, 0.2) is 0 Å². The summed E-state index contributed by atoms with van der Waals surface area (Å²) in [5.41, 5.74) is 26.8. The minimum Gasteiger partial charge on any atom is -0.310 e. The normalized spacial score (nSPS) is 13.4. The van der Waals surface area contributed by atoms with Crippen molar-refractivity contribution in [3.8, 4) is 55.9 Å². The molecule has 15 rings (SSSR count). The van der Waals surface area contributed by atoms with Gasteiger partial charge in [0, 0.05) is 44.0 Å². The molecule has 0 fully saturated rings. The van der Waals surface area contributed by atoms with Crippen LogP contribution in [0.3, 0.4) is 0 Å². The molecule has 6 heterocycles. The summed E-state index contributed by atoms with van der Waals surface area (Å²) in [5.74, 6) is 0. The van der Waals surface area contributed by atoms with Crippen molar-refractivity contribution in [2.75, 3.05) is 0 Å². The van der Waals surface area contributed by atoms with E-state index < -0.39 is 0 Å².